The molecular weight excluding hydrogens is 412 g/mol. The molecule has 0 spiro atoms. The number of aryl methyl sites for hydroxylation is 3. The smallest absolute Gasteiger partial charge is 0.258 e. The van der Waals surface area contributed by atoms with Gasteiger partial charge < -0.3 is 4.52 Å². The molecule has 1 unspecified atom stereocenters. The van der Waals surface area contributed by atoms with Crippen molar-refractivity contribution in [1.82, 2.24) is 19.4 Å². The number of aromatic nitrogens is 3. The Hall–Kier alpha value is -2.58. The molecule has 0 N–H and O–H groups in total. The predicted molar refractivity (Wildman–Crippen MR) is 116 cm³/mol. The summed E-state index contributed by atoms with van der Waals surface area (Å²) in [6, 6.07) is 9.33. The van der Waals surface area contributed by atoms with E-state index in [1.165, 1.54) is 11.1 Å². The fourth-order valence-corrected chi connectivity index (χ4v) is 6.24. The lowest BCUT2D eigenvalue weighted by Crippen LogP contribution is -2.40. The van der Waals surface area contributed by atoms with Crippen LogP contribution in [0.25, 0.3) is 11.5 Å². The van der Waals surface area contributed by atoms with Gasteiger partial charge in [0.25, 0.3) is 5.89 Å². The van der Waals surface area contributed by atoms with Crippen LogP contribution in [0.5, 0.6) is 0 Å². The van der Waals surface area contributed by atoms with Crippen molar-refractivity contribution in [3.63, 3.8) is 0 Å². The summed E-state index contributed by atoms with van der Waals surface area (Å²) in [5, 5.41) is 4.09. The Morgan fingerprint density at radius 1 is 1.06 bits per heavy atom. The molecule has 0 radical (unpaired) electrons. The lowest BCUT2D eigenvalue weighted by atomic mass is 9.94. The third-order valence-electron chi connectivity index (χ3n) is 6.36. The van der Waals surface area contributed by atoms with Gasteiger partial charge in [0.05, 0.1) is 4.90 Å². The summed E-state index contributed by atoms with van der Waals surface area (Å²) >= 11 is 0. The first kappa shape index (κ1) is 20.3. The van der Waals surface area contributed by atoms with Gasteiger partial charge in [0, 0.05) is 37.5 Å². The molecule has 1 fully saturated rings. The minimum atomic E-state index is -3.45. The average Bonchev–Trinajstić information content (AvgIpc) is 3.47. The Morgan fingerprint density at radius 3 is 2.77 bits per heavy atom. The highest BCUT2D eigenvalue weighted by molar-refractivity contribution is 7.89. The van der Waals surface area contributed by atoms with E-state index in [-0.39, 0.29) is 0 Å². The Balaban J connectivity index is 1.23. The van der Waals surface area contributed by atoms with Crippen LogP contribution in [0.15, 0.2) is 52.1 Å². The Bertz CT molecular complexity index is 1160. The standard InChI is InChI=1S/C23H26N4O3S/c28-31(29,21-8-7-18-4-1-5-20(18)15-21)27-14-2-3-17(16-27)6-9-22-25-23(30-26-22)19-10-12-24-13-11-19/h7-8,10-13,15,17H,1-6,9,14,16H2. The van der Waals surface area contributed by atoms with Crippen LogP contribution in [-0.2, 0) is 29.3 Å². The van der Waals surface area contributed by atoms with E-state index in [4.69, 9.17) is 4.52 Å². The molecule has 1 aliphatic carbocycles. The van der Waals surface area contributed by atoms with Gasteiger partial charge in [0.1, 0.15) is 0 Å². The summed E-state index contributed by atoms with van der Waals surface area (Å²) in [5.74, 6) is 1.44. The molecule has 2 aliphatic rings. The van der Waals surface area contributed by atoms with Crippen LogP contribution in [0.2, 0.25) is 0 Å². The first-order valence-corrected chi connectivity index (χ1v) is 12.4. The largest absolute Gasteiger partial charge is 0.334 e. The van der Waals surface area contributed by atoms with Crippen molar-refractivity contribution < 1.29 is 12.9 Å². The zero-order valence-electron chi connectivity index (χ0n) is 17.4. The molecule has 31 heavy (non-hydrogen) atoms. The molecule has 162 valence electrons. The second-order valence-corrected chi connectivity index (χ2v) is 10.4. The summed E-state index contributed by atoms with van der Waals surface area (Å²) in [6.07, 6.45) is 9.94. The highest BCUT2D eigenvalue weighted by atomic mass is 32.2. The van der Waals surface area contributed by atoms with Crippen molar-refractivity contribution in [2.24, 2.45) is 5.92 Å². The van der Waals surface area contributed by atoms with Crippen molar-refractivity contribution in [1.29, 1.82) is 0 Å². The maximum atomic E-state index is 13.2. The zero-order chi connectivity index (χ0) is 21.3. The number of fused-ring (bicyclic) bond motifs is 1. The quantitative estimate of drug-likeness (QED) is 0.584. The van der Waals surface area contributed by atoms with Crippen molar-refractivity contribution in [2.75, 3.05) is 13.1 Å². The maximum absolute atomic E-state index is 13.2. The van der Waals surface area contributed by atoms with Gasteiger partial charge in [-0.15, -0.1) is 0 Å². The van der Waals surface area contributed by atoms with E-state index in [0.29, 0.717) is 42.0 Å². The number of piperidine rings is 1. The number of hydrogen-bond donors (Lipinski definition) is 0. The number of rotatable bonds is 6. The van der Waals surface area contributed by atoms with Crippen LogP contribution < -0.4 is 0 Å². The van der Waals surface area contributed by atoms with Crippen molar-refractivity contribution in [3.05, 3.63) is 59.7 Å². The van der Waals surface area contributed by atoms with Crippen molar-refractivity contribution >= 4 is 10.0 Å². The molecular formula is C23H26N4O3S. The number of nitrogens with zero attached hydrogens (tertiary/aromatic N) is 4. The molecule has 1 aromatic carbocycles. The van der Waals surface area contributed by atoms with Gasteiger partial charge in [-0.3, -0.25) is 4.98 Å². The van der Waals surface area contributed by atoms with E-state index in [1.807, 2.05) is 24.3 Å². The maximum Gasteiger partial charge on any atom is 0.258 e. The summed E-state index contributed by atoms with van der Waals surface area (Å²) in [5.41, 5.74) is 3.33. The van der Waals surface area contributed by atoms with Gasteiger partial charge in [-0.2, -0.15) is 9.29 Å². The van der Waals surface area contributed by atoms with Crippen molar-refractivity contribution in [3.8, 4) is 11.5 Å². The van der Waals surface area contributed by atoms with Crippen LogP contribution in [0, 0.1) is 5.92 Å². The first-order chi connectivity index (χ1) is 15.1. The minimum absolute atomic E-state index is 0.292. The van der Waals surface area contributed by atoms with Gasteiger partial charge >= 0.3 is 0 Å². The van der Waals surface area contributed by atoms with Crippen LogP contribution in [-0.4, -0.2) is 40.9 Å². The van der Waals surface area contributed by atoms with Gasteiger partial charge in [-0.25, -0.2) is 8.42 Å². The van der Waals surface area contributed by atoms with E-state index in [1.54, 1.807) is 22.8 Å². The molecule has 0 bridgehead atoms. The molecule has 3 aromatic rings. The second-order valence-electron chi connectivity index (χ2n) is 8.45. The van der Waals surface area contributed by atoms with E-state index in [2.05, 4.69) is 15.1 Å². The van der Waals surface area contributed by atoms with Crippen molar-refractivity contribution in [2.45, 2.75) is 49.8 Å². The molecule has 0 saturated carbocycles. The van der Waals surface area contributed by atoms with Crippen LogP contribution in [0.3, 0.4) is 0 Å². The lowest BCUT2D eigenvalue weighted by Gasteiger charge is -2.32. The van der Waals surface area contributed by atoms with E-state index in [9.17, 15) is 8.42 Å². The summed E-state index contributed by atoms with van der Waals surface area (Å²) in [7, 11) is -3.45. The molecule has 1 atom stereocenters. The highest BCUT2D eigenvalue weighted by Gasteiger charge is 2.31. The summed E-state index contributed by atoms with van der Waals surface area (Å²) < 4.78 is 33.5. The lowest BCUT2D eigenvalue weighted by molar-refractivity contribution is 0.254. The number of benzene rings is 1. The Kier molecular flexibility index (Phi) is 5.58. The third-order valence-corrected chi connectivity index (χ3v) is 8.22. The molecule has 0 amide bonds. The zero-order valence-corrected chi connectivity index (χ0v) is 18.2. The molecule has 3 heterocycles. The minimum Gasteiger partial charge on any atom is -0.334 e. The average molecular weight is 439 g/mol. The predicted octanol–water partition coefficient (Wildman–Crippen LogP) is 3.65. The van der Waals surface area contributed by atoms with Crippen LogP contribution in [0.4, 0.5) is 0 Å². The topological polar surface area (TPSA) is 89.2 Å². The second kappa shape index (κ2) is 8.51. The number of sulfonamides is 1. The fraction of sp³-hybridized carbons (Fsp3) is 0.435. The summed E-state index contributed by atoms with van der Waals surface area (Å²) in [4.78, 5) is 8.91. The monoisotopic (exact) mass is 438 g/mol. The first-order valence-electron chi connectivity index (χ1n) is 10.9. The molecule has 7 nitrogen and oxygen atoms in total. The number of pyridine rings is 1. The molecule has 8 heteroatoms. The van der Waals surface area contributed by atoms with Crippen LogP contribution in [0.1, 0.15) is 42.6 Å². The molecule has 1 saturated heterocycles. The van der Waals surface area contributed by atoms with Gasteiger partial charge in [0.15, 0.2) is 5.82 Å². The fourth-order valence-electron chi connectivity index (χ4n) is 4.64. The highest BCUT2D eigenvalue weighted by Crippen LogP contribution is 2.30. The van der Waals surface area contributed by atoms with Gasteiger partial charge in [-0.1, -0.05) is 11.2 Å². The molecule has 1 aliphatic heterocycles. The molecule has 5 rings (SSSR count). The van der Waals surface area contributed by atoms with Gasteiger partial charge in [0.2, 0.25) is 10.0 Å². The molecule has 2 aromatic heterocycles. The van der Waals surface area contributed by atoms with Gasteiger partial charge in [-0.05, 0) is 79.8 Å². The number of hydrogen-bond acceptors (Lipinski definition) is 6. The normalized spacial score (nSPS) is 19.4. The Morgan fingerprint density at radius 2 is 1.90 bits per heavy atom. The third kappa shape index (κ3) is 4.27. The van der Waals surface area contributed by atoms with E-state index in [0.717, 1.165) is 44.1 Å². The SMILES string of the molecule is O=S(=O)(c1ccc2c(c1)CCC2)N1CCCC(CCc2noc(-c3ccncc3)n2)C1. The Labute approximate surface area is 182 Å². The summed E-state index contributed by atoms with van der Waals surface area (Å²) in [6.45, 7) is 1.14. The van der Waals surface area contributed by atoms with Crippen LogP contribution >= 0.6 is 0 Å². The van der Waals surface area contributed by atoms with E-state index >= 15 is 0 Å². The van der Waals surface area contributed by atoms with E-state index < -0.39 is 10.0 Å².